The van der Waals surface area contributed by atoms with Gasteiger partial charge in [0.05, 0.1) is 16.1 Å². The zero-order valence-corrected chi connectivity index (χ0v) is 26.0. The topological polar surface area (TPSA) is 91.8 Å². The number of nitrogens with one attached hydrogen (secondary N) is 1. The Labute approximate surface area is 264 Å². The molecule has 2 aromatic carbocycles. The first-order valence-electron chi connectivity index (χ1n) is 15.2. The van der Waals surface area contributed by atoms with Gasteiger partial charge in [0.2, 0.25) is 0 Å². The number of benzene rings is 2. The van der Waals surface area contributed by atoms with Gasteiger partial charge in [-0.05, 0) is 98.8 Å². The first kappa shape index (κ1) is 29.3. The molecule has 45 heavy (non-hydrogen) atoms. The van der Waals surface area contributed by atoms with Crippen LogP contribution in [-0.4, -0.2) is 55.4 Å². The van der Waals surface area contributed by atoms with Crippen LogP contribution in [0.2, 0.25) is 0 Å². The maximum absolute atomic E-state index is 14.5. The lowest BCUT2D eigenvalue weighted by atomic mass is 9.73. The van der Waals surface area contributed by atoms with Crippen molar-refractivity contribution in [1.29, 1.82) is 0 Å². The van der Waals surface area contributed by atoms with Crippen molar-refractivity contribution >= 4 is 46.1 Å². The summed E-state index contributed by atoms with van der Waals surface area (Å²) in [5.74, 6) is -0.316. The van der Waals surface area contributed by atoms with Gasteiger partial charge >= 0.3 is 0 Å². The monoisotopic (exact) mass is 624 g/mol. The molecule has 0 unspecified atom stereocenters. The van der Waals surface area contributed by atoms with Gasteiger partial charge in [0, 0.05) is 66.2 Å². The van der Waals surface area contributed by atoms with Crippen LogP contribution in [0.25, 0.3) is 10.4 Å². The highest BCUT2D eigenvalue weighted by Crippen LogP contribution is 2.44. The molecule has 0 atom stereocenters. The second kappa shape index (κ2) is 11.5. The van der Waals surface area contributed by atoms with Crippen molar-refractivity contribution in [3.63, 3.8) is 0 Å². The zero-order valence-electron chi connectivity index (χ0n) is 25.2. The highest BCUT2D eigenvalue weighted by Gasteiger charge is 2.45. The summed E-state index contributed by atoms with van der Waals surface area (Å²) in [5, 5.41) is 2.98. The number of halogens is 1. The van der Waals surface area contributed by atoms with E-state index in [2.05, 4.69) is 15.2 Å². The molecule has 3 aliphatic heterocycles. The number of ether oxygens (including phenoxy) is 1. The number of carbonyl (C=O) groups is 3. The highest BCUT2D eigenvalue weighted by atomic mass is 32.1. The Hall–Kier alpha value is -4.41. The fraction of sp³-hybridized carbons (Fsp3) is 0.314. The molecule has 2 saturated heterocycles. The van der Waals surface area contributed by atoms with Crippen LogP contribution in [0.15, 0.2) is 60.8 Å². The molecule has 0 aliphatic carbocycles. The molecule has 2 amide bonds. The molecule has 1 spiro atoms. The maximum Gasteiger partial charge on any atom is 0.259 e. The van der Waals surface area contributed by atoms with Crippen molar-refractivity contribution in [2.45, 2.75) is 33.1 Å². The lowest BCUT2D eigenvalue weighted by Gasteiger charge is -2.53. The number of carbonyl (C=O) groups excluding carboxylic acids is 3. The lowest BCUT2D eigenvalue weighted by molar-refractivity contribution is -0.000511. The summed E-state index contributed by atoms with van der Waals surface area (Å²) < 4.78 is 20.0. The van der Waals surface area contributed by atoms with Crippen LogP contribution in [0.5, 0.6) is 0 Å². The number of ketones is 1. The normalized spacial score (nSPS) is 16.8. The molecule has 0 radical (unpaired) electrons. The quantitative estimate of drug-likeness (QED) is 0.254. The summed E-state index contributed by atoms with van der Waals surface area (Å²) in [6, 6.07) is 14.9. The van der Waals surface area contributed by atoms with E-state index in [1.54, 1.807) is 41.4 Å². The molecular weight excluding hydrogens is 591 g/mol. The van der Waals surface area contributed by atoms with Gasteiger partial charge in [0.1, 0.15) is 11.6 Å². The third kappa shape index (κ3) is 5.53. The highest BCUT2D eigenvalue weighted by molar-refractivity contribution is 7.17. The third-order valence-corrected chi connectivity index (χ3v) is 10.4. The second-order valence-corrected chi connectivity index (χ2v) is 13.3. The summed E-state index contributed by atoms with van der Waals surface area (Å²) >= 11 is 1.37. The van der Waals surface area contributed by atoms with Crippen LogP contribution < -0.4 is 15.1 Å². The summed E-state index contributed by atoms with van der Waals surface area (Å²) in [6.07, 6.45) is 4.37. The molecule has 0 bridgehead atoms. The molecule has 2 fully saturated rings. The lowest BCUT2D eigenvalue weighted by Crippen LogP contribution is -2.59. The summed E-state index contributed by atoms with van der Waals surface area (Å²) in [5.41, 5.74) is 4.79. The van der Waals surface area contributed by atoms with Crippen molar-refractivity contribution in [2.24, 2.45) is 5.41 Å². The van der Waals surface area contributed by atoms with E-state index in [4.69, 9.17) is 4.74 Å². The van der Waals surface area contributed by atoms with Crippen LogP contribution in [0.1, 0.15) is 61.3 Å². The molecule has 2 aromatic heterocycles. The molecule has 4 aromatic rings. The van der Waals surface area contributed by atoms with Crippen LogP contribution in [0.4, 0.5) is 21.6 Å². The molecule has 3 aliphatic rings. The van der Waals surface area contributed by atoms with Crippen LogP contribution >= 0.6 is 11.3 Å². The number of Topliss-reactive ketones (excluding diaryl/α,β-unsaturated/α-hetero) is 1. The number of fused-ring (bicyclic) bond motifs is 3. The SMILES string of the molecule is CC(=O)c1cc2c(s1)-c1ccc(F)cc1N(C(=O)c1ccc(NC(=O)c3cc(C)cnc3N3CC4(CCOCC4)C3)cc1)CC2. The number of nitrogens with zero attached hydrogens (tertiary/aromatic N) is 3. The number of aryl methyl sites for hydroxylation is 1. The Kier molecular flexibility index (Phi) is 7.49. The van der Waals surface area contributed by atoms with E-state index in [-0.39, 0.29) is 23.0 Å². The van der Waals surface area contributed by atoms with Crippen molar-refractivity contribution in [3.05, 3.63) is 93.7 Å². The van der Waals surface area contributed by atoms with Gasteiger partial charge in [-0.2, -0.15) is 0 Å². The van der Waals surface area contributed by atoms with Crippen LogP contribution in [0, 0.1) is 18.2 Å². The first-order chi connectivity index (χ1) is 21.7. The number of rotatable bonds is 5. The first-order valence-corrected chi connectivity index (χ1v) is 16.0. The van der Waals surface area contributed by atoms with E-state index in [1.165, 1.54) is 30.4 Å². The largest absolute Gasteiger partial charge is 0.381 e. The predicted octanol–water partition coefficient (Wildman–Crippen LogP) is 6.53. The molecule has 10 heteroatoms. The molecule has 5 heterocycles. The van der Waals surface area contributed by atoms with Crippen LogP contribution in [0.3, 0.4) is 0 Å². The van der Waals surface area contributed by atoms with E-state index in [0.29, 0.717) is 46.2 Å². The third-order valence-electron chi connectivity index (χ3n) is 9.04. The number of amides is 2. The molecule has 0 saturated carbocycles. The number of pyridine rings is 1. The fourth-order valence-electron chi connectivity index (χ4n) is 6.57. The van der Waals surface area contributed by atoms with Gasteiger partial charge in [0.15, 0.2) is 5.78 Å². The minimum absolute atomic E-state index is 0.0179. The van der Waals surface area contributed by atoms with E-state index in [1.807, 2.05) is 19.1 Å². The Bertz CT molecular complexity index is 1820. The van der Waals surface area contributed by atoms with Gasteiger partial charge in [-0.15, -0.1) is 11.3 Å². The minimum atomic E-state index is -0.442. The predicted molar refractivity (Wildman–Crippen MR) is 173 cm³/mol. The molecule has 8 nitrogen and oxygen atoms in total. The minimum Gasteiger partial charge on any atom is -0.381 e. The van der Waals surface area contributed by atoms with Gasteiger partial charge in [-0.1, -0.05) is 0 Å². The Morgan fingerprint density at radius 1 is 1.02 bits per heavy atom. The van der Waals surface area contributed by atoms with E-state index < -0.39 is 5.82 Å². The van der Waals surface area contributed by atoms with E-state index >= 15 is 0 Å². The summed E-state index contributed by atoms with van der Waals surface area (Å²) in [7, 11) is 0. The van der Waals surface area contributed by atoms with Crippen LogP contribution in [-0.2, 0) is 11.2 Å². The van der Waals surface area contributed by atoms with Crippen molar-refractivity contribution in [2.75, 3.05) is 48.0 Å². The van der Waals surface area contributed by atoms with E-state index in [9.17, 15) is 18.8 Å². The number of thiophene rings is 1. The smallest absolute Gasteiger partial charge is 0.259 e. The molecule has 230 valence electrons. The van der Waals surface area contributed by atoms with E-state index in [0.717, 1.165) is 60.7 Å². The second-order valence-electron chi connectivity index (χ2n) is 12.3. The number of aromatic nitrogens is 1. The fourth-order valence-corrected chi connectivity index (χ4v) is 7.70. The Morgan fingerprint density at radius 3 is 2.51 bits per heavy atom. The van der Waals surface area contributed by atoms with Gasteiger partial charge < -0.3 is 19.9 Å². The zero-order chi connectivity index (χ0) is 31.3. The molecule has 1 N–H and O–H groups in total. The van der Waals surface area contributed by atoms with Gasteiger partial charge in [-0.3, -0.25) is 14.4 Å². The Balaban J connectivity index is 1.09. The average molecular weight is 625 g/mol. The summed E-state index contributed by atoms with van der Waals surface area (Å²) in [6.45, 7) is 7.06. The Morgan fingerprint density at radius 2 is 1.78 bits per heavy atom. The molecule has 7 rings (SSSR count). The summed E-state index contributed by atoms with van der Waals surface area (Å²) in [4.78, 5) is 49.2. The maximum atomic E-state index is 14.5. The standard InChI is InChI=1S/C35H33FN4O4S/c1-21-15-28(32(37-18-21)39-19-35(20-39)10-13-44-14-11-35)33(42)38-26-6-3-23(4-7-26)34(43)40-12-9-24-16-30(22(2)41)45-31(24)27-8-5-25(36)17-29(27)40/h3-8,15-18H,9-14,19-20H2,1-2H3,(H,38,42). The van der Waals surface area contributed by atoms with Crippen molar-refractivity contribution in [1.82, 2.24) is 4.98 Å². The molecular formula is C35H33FN4O4S. The number of hydrogen-bond donors (Lipinski definition) is 1. The van der Waals surface area contributed by atoms with Crippen molar-refractivity contribution < 1.29 is 23.5 Å². The average Bonchev–Trinajstić information content (AvgIpc) is 3.39. The van der Waals surface area contributed by atoms with Gasteiger partial charge in [0.25, 0.3) is 11.8 Å². The van der Waals surface area contributed by atoms with Crippen molar-refractivity contribution in [3.8, 4) is 10.4 Å². The number of hydrogen-bond acceptors (Lipinski definition) is 7. The number of anilines is 3. The van der Waals surface area contributed by atoms with Gasteiger partial charge in [-0.25, -0.2) is 9.37 Å².